The minimum Gasteiger partial charge on any atom is -0.768 e. The Bertz CT molecular complexity index is 1160. The molecular formula is C19H14Cl2N3O3S3-. The fourth-order valence-electron chi connectivity index (χ4n) is 2.48. The van der Waals surface area contributed by atoms with E-state index >= 15 is 0 Å². The minimum atomic E-state index is -2.33. The molecule has 1 aromatic heterocycles. The Kier molecular flexibility index (Phi) is 7.45. The average molecular weight is 499 g/mol. The zero-order chi connectivity index (χ0) is 21.8. The summed E-state index contributed by atoms with van der Waals surface area (Å²) in [4.78, 5) is 0.779. The van der Waals surface area contributed by atoms with Crippen molar-refractivity contribution in [3.63, 3.8) is 0 Å². The van der Waals surface area contributed by atoms with E-state index in [0.29, 0.717) is 31.9 Å². The van der Waals surface area contributed by atoms with Gasteiger partial charge in [-0.1, -0.05) is 35.3 Å². The lowest BCUT2D eigenvalue weighted by molar-refractivity contribution is 0.478. The summed E-state index contributed by atoms with van der Waals surface area (Å²) in [6, 6.07) is 11.3. The van der Waals surface area contributed by atoms with Crippen LogP contribution in [0.2, 0.25) is 10.0 Å². The number of nitrogens with zero attached hydrogens (tertiary/aromatic N) is 1. The highest BCUT2D eigenvalue weighted by Gasteiger charge is 2.15. The van der Waals surface area contributed by atoms with Crippen molar-refractivity contribution in [3.8, 4) is 16.2 Å². The molecule has 1 atom stereocenters. The van der Waals surface area contributed by atoms with E-state index in [9.17, 15) is 13.9 Å². The molecule has 0 spiro atoms. The van der Waals surface area contributed by atoms with Crippen LogP contribution in [-0.2, 0) is 11.1 Å². The molecule has 0 amide bonds. The van der Waals surface area contributed by atoms with Gasteiger partial charge in [0.1, 0.15) is 5.75 Å². The van der Waals surface area contributed by atoms with Crippen molar-refractivity contribution < 1.29 is 13.9 Å². The van der Waals surface area contributed by atoms with Crippen LogP contribution in [0, 0.1) is 0 Å². The Balaban J connectivity index is 1.72. The molecule has 0 saturated carbocycles. The summed E-state index contributed by atoms with van der Waals surface area (Å²) in [6.07, 6.45) is 0. The van der Waals surface area contributed by atoms with Gasteiger partial charge in [0.05, 0.1) is 26.2 Å². The Morgan fingerprint density at radius 2 is 2.00 bits per heavy atom. The minimum absolute atomic E-state index is 0.0749. The molecule has 3 aromatic rings. The molecule has 0 fully saturated rings. The second kappa shape index (κ2) is 9.86. The SMILES string of the molecule is C/C(=N\NC(=S)Nc1cccc(S(=O)[O-])c1)c1csc(-c2ccc(Cl)c(Cl)c2)c1O. The molecule has 3 rings (SSSR count). The first kappa shape index (κ1) is 22.7. The van der Waals surface area contributed by atoms with E-state index in [1.165, 1.54) is 23.5 Å². The molecule has 1 unspecified atom stereocenters. The lowest BCUT2D eigenvalue weighted by atomic mass is 10.1. The number of benzene rings is 2. The number of thiocarbonyl (C=S) groups is 1. The van der Waals surface area contributed by atoms with Gasteiger partial charge in [-0.25, -0.2) is 0 Å². The largest absolute Gasteiger partial charge is 0.768 e. The first-order chi connectivity index (χ1) is 14.3. The highest BCUT2D eigenvalue weighted by molar-refractivity contribution is 7.80. The molecule has 0 aliphatic carbocycles. The summed E-state index contributed by atoms with van der Waals surface area (Å²) < 4.78 is 22.1. The number of aromatic hydroxyl groups is 1. The second-order valence-corrected chi connectivity index (χ2v) is 9.02. The highest BCUT2D eigenvalue weighted by atomic mass is 35.5. The van der Waals surface area contributed by atoms with E-state index in [-0.39, 0.29) is 15.8 Å². The maximum Gasteiger partial charge on any atom is 0.191 e. The van der Waals surface area contributed by atoms with Crippen LogP contribution >= 0.6 is 46.8 Å². The van der Waals surface area contributed by atoms with Gasteiger partial charge in [-0.3, -0.25) is 9.63 Å². The standard InChI is InChI=1S/C19H15Cl2N3O3S3/c1-10(23-24-19(28)22-12-3-2-4-13(8-12)30(26)27)14-9-29-18(17(14)25)11-5-6-15(20)16(21)7-11/h2-9,25H,1H3,(H,26,27)(H2,22,24,28)/p-1/b23-10+. The van der Waals surface area contributed by atoms with Crippen LogP contribution in [0.4, 0.5) is 5.69 Å². The van der Waals surface area contributed by atoms with Gasteiger partial charge in [0.25, 0.3) is 0 Å². The second-order valence-electron chi connectivity index (χ2n) is 5.98. The van der Waals surface area contributed by atoms with Gasteiger partial charge < -0.3 is 15.0 Å². The number of hydrogen-bond donors (Lipinski definition) is 3. The summed E-state index contributed by atoms with van der Waals surface area (Å²) in [7, 11) is 0. The van der Waals surface area contributed by atoms with E-state index in [1.54, 1.807) is 42.6 Å². The monoisotopic (exact) mass is 498 g/mol. The lowest BCUT2D eigenvalue weighted by Crippen LogP contribution is -2.25. The van der Waals surface area contributed by atoms with Gasteiger partial charge in [0.15, 0.2) is 5.11 Å². The van der Waals surface area contributed by atoms with Crippen molar-refractivity contribution in [2.75, 3.05) is 5.32 Å². The Morgan fingerprint density at radius 3 is 2.70 bits per heavy atom. The first-order valence-corrected chi connectivity index (χ1v) is 11.4. The average Bonchev–Trinajstić information content (AvgIpc) is 3.10. The molecule has 0 aliphatic rings. The smallest absolute Gasteiger partial charge is 0.191 e. The molecule has 0 bridgehead atoms. The zero-order valence-corrected chi connectivity index (χ0v) is 19.3. The van der Waals surface area contributed by atoms with E-state index in [0.717, 1.165) is 5.56 Å². The number of thiophene rings is 1. The summed E-state index contributed by atoms with van der Waals surface area (Å²) >= 11 is 16.2. The van der Waals surface area contributed by atoms with Gasteiger partial charge in [0.2, 0.25) is 0 Å². The number of halogens is 2. The van der Waals surface area contributed by atoms with Crippen LogP contribution in [0.1, 0.15) is 12.5 Å². The number of anilines is 1. The molecule has 2 aromatic carbocycles. The molecule has 0 saturated heterocycles. The molecule has 1 heterocycles. The van der Waals surface area contributed by atoms with Crippen molar-refractivity contribution in [1.82, 2.24) is 5.43 Å². The molecule has 11 heteroatoms. The Morgan fingerprint density at radius 1 is 1.23 bits per heavy atom. The Hall–Kier alpha value is -2.01. The van der Waals surface area contributed by atoms with Gasteiger partial charge >= 0.3 is 0 Å². The number of rotatable bonds is 5. The third-order valence-electron chi connectivity index (χ3n) is 3.95. The van der Waals surface area contributed by atoms with Crippen molar-refractivity contribution in [2.45, 2.75) is 11.8 Å². The van der Waals surface area contributed by atoms with Gasteiger partial charge in [-0.15, -0.1) is 11.3 Å². The molecule has 6 nitrogen and oxygen atoms in total. The van der Waals surface area contributed by atoms with E-state index < -0.39 is 11.1 Å². The summed E-state index contributed by atoms with van der Waals surface area (Å²) in [6.45, 7) is 1.72. The fraction of sp³-hybridized carbons (Fsp3) is 0.0526. The molecule has 0 radical (unpaired) electrons. The first-order valence-electron chi connectivity index (χ1n) is 8.33. The molecule has 0 aliphatic heterocycles. The quantitative estimate of drug-likeness (QED) is 0.189. The summed E-state index contributed by atoms with van der Waals surface area (Å²) in [5, 5.41) is 20.4. The maximum absolute atomic E-state index is 11.0. The van der Waals surface area contributed by atoms with Crippen LogP contribution in [0.15, 0.2) is 57.8 Å². The number of hydrazone groups is 1. The normalized spacial score (nSPS) is 12.5. The molecular weight excluding hydrogens is 485 g/mol. The van der Waals surface area contributed by atoms with E-state index in [2.05, 4.69) is 15.8 Å². The van der Waals surface area contributed by atoms with Crippen LogP contribution in [0.5, 0.6) is 5.75 Å². The topological polar surface area (TPSA) is 96.8 Å². The predicted molar refractivity (Wildman–Crippen MR) is 127 cm³/mol. The van der Waals surface area contributed by atoms with Crippen LogP contribution in [0.3, 0.4) is 0 Å². The summed E-state index contributed by atoms with van der Waals surface area (Å²) in [5.41, 5.74) is 4.97. The maximum atomic E-state index is 11.0. The van der Waals surface area contributed by atoms with Crippen LogP contribution in [0.25, 0.3) is 10.4 Å². The van der Waals surface area contributed by atoms with Crippen molar-refractivity contribution in [2.24, 2.45) is 5.10 Å². The highest BCUT2D eigenvalue weighted by Crippen LogP contribution is 2.40. The molecule has 30 heavy (non-hydrogen) atoms. The third-order valence-corrected chi connectivity index (χ3v) is 6.54. The third kappa shape index (κ3) is 5.37. The van der Waals surface area contributed by atoms with Crippen LogP contribution in [-0.4, -0.2) is 24.7 Å². The molecule has 3 N–H and O–H groups in total. The number of nitrogens with one attached hydrogen (secondary N) is 2. The van der Waals surface area contributed by atoms with Crippen molar-refractivity contribution in [1.29, 1.82) is 0 Å². The van der Waals surface area contributed by atoms with Crippen molar-refractivity contribution >= 4 is 74.3 Å². The van der Waals surface area contributed by atoms with E-state index in [4.69, 9.17) is 35.4 Å². The van der Waals surface area contributed by atoms with Gasteiger partial charge in [-0.2, -0.15) is 5.10 Å². The zero-order valence-electron chi connectivity index (χ0n) is 15.3. The fourth-order valence-corrected chi connectivity index (χ4v) is 4.36. The lowest BCUT2D eigenvalue weighted by Gasteiger charge is -2.10. The predicted octanol–water partition coefficient (Wildman–Crippen LogP) is 5.38. The van der Waals surface area contributed by atoms with Crippen LogP contribution < -0.4 is 10.7 Å². The number of hydrogen-bond acceptors (Lipinski definition) is 6. The summed E-state index contributed by atoms with van der Waals surface area (Å²) in [5.74, 6) is 0.0749. The van der Waals surface area contributed by atoms with Gasteiger partial charge in [0, 0.05) is 16.0 Å². The molecule has 156 valence electrons. The van der Waals surface area contributed by atoms with Gasteiger partial charge in [-0.05, 0) is 66.1 Å². The van der Waals surface area contributed by atoms with E-state index in [1.807, 2.05) is 0 Å². The Labute approximate surface area is 194 Å². The van der Waals surface area contributed by atoms with Crippen molar-refractivity contribution in [3.05, 3.63) is 63.5 Å².